The number of aromatic nitrogens is 4. The quantitative estimate of drug-likeness (QED) is 0.393. The van der Waals surface area contributed by atoms with Crippen LogP contribution in [0.1, 0.15) is 0 Å². The van der Waals surface area contributed by atoms with E-state index in [1.54, 1.807) is 0 Å². The van der Waals surface area contributed by atoms with Crippen molar-refractivity contribution in [3.8, 4) is 28.5 Å². The van der Waals surface area contributed by atoms with Gasteiger partial charge >= 0.3 is 0 Å². The topological polar surface area (TPSA) is 69.6 Å². The van der Waals surface area contributed by atoms with E-state index in [-0.39, 0.29) is 5.95 Å². The van der Waals surface area contributed by atoms with Crippen molar-refractivity contribution in [2.75, 3.05) is 5.73 Å². The van der Waals surface area contributed by atoms with Gasteiger partial charge in [0.05, 0.1) is 11.0 Å². The Balaban J connectivity index is 1.70. The van der Waals surface area contributed by atoms with Crippen molar-refractivity contribution in [2.45, 2.75) is 0 Å². The van der Waals surface area contributed by atoms with Crippen LogP contribution in [0.2, 0.25) is 0 Å². The van der Waals surface area contributed by atoms with Crippen molar-refractivity contribution in [3.63, 3.8) is 0 Å². The van der Waals surface area contributed by atoms with Gasteiger partial charge in [0.15, 0.2) is 11.6 Å². The summed E-state index contributed by atoms with van der Waals surface area (Å²) in [6.07, 6.45) is 0. The normalized spacial score (nSPS) is 11.2. The second-order valence-electron chi connectivity index (χ2n) is 7.60. The fourth-order valence-corrected chi connectivity index (χ4v) is 4.27. The van der Waals surface area contributed by atoms with Crippen molar-refractivity contribution in [2.24, 2.45) is 0 Å². The lowest BCUT2D eigenvalue weighted by atomic mass is 10.1. The molecule has 0 aliphatic rings. The first-order valence-corrected chi connectivity index (χ1v) is 10.4. The zero-order chi connectivity index (χ0) is 21.5. The molecule has 0 unspecified atom stereocenters. The first kappa shape index (κ1) is 18.3. The van der Waals surface area contributed by atoms with Gasteiger partial charge in [0.1, 0.15) is 0 Å². The summed E-state index contributed by atoms with van der Waals surface area (Å²) in [7, 11) is 0. The van der Waals surface area contributed by atoms with Crippen molar-refractivity contribution >= 4 is 27.8 Å². The molecule has 0 radical (unpaired) electrons. The zero-order valence-electron chi connectivity index (χ0n) is 17.2. The third-order valence-corrected chi connectivity index (χ3v) is 5.63. The Morgan fingerprint density at radius 1 is 0.562 bits per heavy atom. The minimum Gasteiger partial charge on any atom is -0.368 e. The lowest BCUT2D eigenvalue weighted by Crippen LogP contribution is -2.03. The van der Waals surface area contributed by atoms with Crippen molar-refractivity contribution < 1.29 is 0 Å². The number of benzene rings is 4. The van der Waals surface area contributed by atoms with E-state index in [0.29, 0.717) is 11.6 Å². The third-order valence-electron chi connectivity index (χ3n) is 5.63. The molecule has 0 fully saturated rings. The van der Waals surface area contributed by atoms with E-state index in [2.05, 4.69) is 57.0 Å². The van der Waals surface area contributed by atoms with E-state index in [1.807, 2.05) is 60.7 Å². The summed E-state index contributed by atoms with van der Waals surface area (Å²) in [5.41, 5.74) is 11.2. The first-order chi connectivity index (χ1) is 15.8. The highest BCUT2D eigenvalue weighted by atomic mass is 15.1. The van der Waals surface area contributed by atoms with Crippen LogP contribution in [0.25, 0.3) is 50.3 Å². The van der Waals surface area contributed by atoms with Crippen LogP contribution in [0.4, 0.5) is 5.95 Å². The minimum absolute atomic E-state index is 0.202. The summed E-state index contributed by atoms with van der Waals surface area (Å²) in [5, 5.41) is 2.32. The molecule has 4 aromatic carbocycles. The van der Waals surface area contributed by atoms with E-state index < -0.39 is 0 Å². The molecule has 2 heterocycles. The number of hydrogen-bond acceptors (Lipinski definition) is 4. The Labute approximate surface area is 184 Å². The van der Waals surface area contributed by atoms with Crippen LogP contribution < -0.4 is 5.73 Å². The van der Waals surface area contributed by atoms with Gasteiger partial charge in [-0.3, -0.25) is 0 Å². The van der Waals surface area contributed by atoms with Gasteiger partial charge < -0.3 is 10.3 Å². The van der Waals surface area contributed by atoms with Crippen LogP contribution in [0.5, 0.6) is 0 Å². The smallest absolute Gasteiger partial charge is 0.224 e. The van der Waals surface area contributed by atoms with Gasteiger partial charge in [-0.05, 0) is 24.3 Å². The second-order valence-corrected chi connectivity index (χ2v) is 7.60. The molecule has 0 saturated heterocycles. The van der Waals surface area contributed by atoms with Crippen molar-refractivity contribution in [3.05, 3.63) is 103 Å². The Morgan fingerprint density at radius 3 is 2.03 bits per heavy atom. The SMILES string of the molecule is Nc1nc(-c2ccccc2)nc(-c2cccc3c4ccccc4n(-c4ccccc4)c23)n1. The highest BCUT2D eigenvalue weighted by Gasteiger charge is 2.18. The summed E-state index contributed by atoms with van der Waals surface area (Å²) in [4.78, 5) is 13.7. The molecular formula is C27H19N5. The molecule has 152 valence electrons. The molecule has 5 nitrogen and oxygen atoms in total. The Kier molecular flexibility index (Phi) is 4.18. The summed E-state index contributed by atoms with van der Waals surface area (Å²) < 4.78 is 2.27. The lowest BCUT2D eigenvalue weighted by Gasteiger charge is -2.11. The number of rotatable bonds is 3. The van der Waals surface area contributed by atoms with E-state index in [1.165, 1.54) is 5.39 Å². The van der Waals surface area contributed by atoms with Crippen LogP contribution >= 0.6 is 0 Å². The molecule has 0 saturated carbocycles. The number of fused-ring (bicyclic) bond motifs is 3. The average molecular weight is 413 g/mol. The average Bonchev–Trinajstić information content (AvgIpc) is 3.19. The number of para-hydroxylation sites is 3. The van der Waals surface area contributed by atoms with E-state index in [0.717, 1.165) is 33.2 Å². The van der Waals surface area contributed by atoms with E-state index in [4.69, 9.17) is 10.7 Å². The molecule has 6 rings (SSSR count). The fraction of sp³-hybridized carbons (Fsp3) is 0. The van der Waals surface area contributed by atoms with Gasteiger partial charge in [0, 0.05) is 27.6 Å². The van der Waals surface area contributed by atoms with Crippen molar-refractivity contribution in [1.82, 2.24) is 19.5 Å². The highest BCUT2D eigenvalue weighted by molar-refractivity contribution is 6.13. The molecule has 0 aliphatic heterocycles. The maximum absolute atomic E-state index is 6.13. The van der Waals surface area contributed by atoms with Gasteiger partial charge in [0.25, 0.3) is 0 Å². The molecule has 0 spiro atoms. The number of nitrogen functional groups attached to an aromatic ring is 1. The van der Waals surface area contributed by atoms with Crippen LogP contribution in [0, 0.1) is 0 Å². The van der Waals surface area contributed by atoms with Crippen LogP contribution in [0.3, 0.4) is 0 Å². The monoisotopic (exact) mass is 413 g/mol. The third kappa shape index (κ3) is 2.91. The molecule has 0 aliphatic carbocycles. The van der Waals surface area contributed by atoms with Gasteiger partial charge in [-0.2, -0.15) is 9.97 Å². The van der Waals surface area contributed by atoms with Crippen molar-refractivity contribution in [1.29, 1.82) is 0 Å². The fourth-order valence-electron chi connectivity index (χ4n) is 4.27. The number of nitrogens with zero attached hydrogens (tertiary/aromatic N) is 4. The number of nitrogens with two attached hydrogens (primary N) is 1. The Bertz CT molecular complexity index is 1570. The summed E-state index contributed by atoms with van der Waals surface area (Å²) in [6.45, 7) is 0. The molecule has 32 heavy (non-hydrogen) atoms. The molecule has 2 N–H and O–H groups in total. The lowest BCUT2D eigenvalue weighted by molar-refractivity contribution is 1.08. The molecule has 0 bridgehead atoms. The highest BCUT2D eigenvalue weighted by Crippen LogP contribution is 2.37. The summed E-state index contributed by atoms with van der Waals surface area (Å²) >= 11 is 0. The molecule has 5 heteroatoms. The van der Waals surface area contributed by atoms with Gasteiger partial charge in [0.2, 0.25) is 5.95 Å². The Morgan fingerprint density at radius 2 is 1.22 bits per heavy atom. The maximum atomic E-state index is 6.13. The number of hydrogen-bond donors (Lipinski definition) is 1. The molecular weight excluding hydrogens is 394 g/mol. The van der Waals surface area contributed by atoms with Crippen LogP contribution in [0.15, 0.2) is 103 Å². The molecule has 0 amide bonds. The molecule has 0 atom stereocenters. The van der Waals surface area contributed by atoms with E-state index in [9.17, 15) is 0 Å². The summed E-state index contributed by atoms with van der Waals surface area (Å²) in [6, 6.07) is 34.8. The Hall–Kier alpha value is -4.51. The van der Waals surface area contributed by atoms with Crippen LogP contribution in [-0.4, -0.2) is 19.5 Å². The standard InChI is InChI=1S/C27H19N5/c28-27-30-25(18-10-3-1-4-11-18)29-26(31-27)22-16-9-15-21-20-14-7-8-17-23(20)32(24(21)22)19-12-5-2-6-13-19/h1-17H,(H2,28,29,30,31). The number of anilines is 1. The predicted octanol–water partition coefficient (Wildman–Crippen LogP) is 5.88. The minimum atomic E-state index is 0.202. The van der Waals surface area contributed by atoms with Gasteiger partial charge in [-0.15, -0.1) is 0 Å². The predicted molar refractivity (Wildman–Crippen MR) is 129 cm³/mol. The molecule has 2 aromatic heterocycles. The largest absolute Gasteiger partial charge is 0.368 e. The first-order valence-electron chi connectivity index (χ1n) is 10.4. The van der Waals surface area contributed by atoms with E-state index >= 15 is 0 Å². The maximum Gasteiger partial charge on any atom is 0.224 e. The van der Waals surface area contributed by atoms with Gasteiger partial charge in [-0.25, -0.2) is 4.98 Å². The second kappa shape index (κ2) is 7.32. The molecule has 6 aromatic rings. The van der Waals surface area contributed by atoms with Crippen LogP contribution in [-0.2, 0) is 0 Å². The zero-order valence-corrected chi connectivity index (χ0v) is 17.2. The van der Waals surface area contributed by atoms with Gasteiger partial charge in [-0.1, -0.05) is 78.9 Å². The summed E-state index contributed by atoms with van der Waals surface area (Å²) in [5.74, 6) is 1.32.